The van der Waals surface area contributed by atoms with Crippen LogP contribution in [-0.2, 0) is 6.42 Å². The quantitative estimate of drug-likeness (QED) is 0.319. The average molecular weight is 459 g/mol. The van der Waals surface area contributed by atoms with E-state index in [0.29, 0.717) is 23.0 Å². The van der Waals surface area contributed by atoms with E-state index < -0.39 is 0 Å². The Morgan fingerprint density at radius 1 is 0.676 bits per heavy atom. The molecular weight excluding hydrogens is 428 g/mol. The third-order valence-electron chi connectivity index (χ3n) is 5.93. The number of methoxy groups -OCH3 is 4. The fourth-order valence-corrected chi connectivity index (χ4v) is 4.15. The van der Waals surface area contributed by atoms with E-state index in [-0.39, 0.29) is 0 Å². The van der Waals surface area contributed by atoms with Gasteiger partial charge in [0.1, 0.15) is 0 Å². The van der Waals surface area contributed by atoms with Crippen LogP contribution < -0.4 is 18.9 Å². The van der Waals surface area contributed by atoms with Crippen molar-refractivity contribution in [3.05, 3.63) is 71.8 Å². The zero-order valence-electron chi connectivity index (χ0n) is 20.5. The average Bonchev–Trinajstić information content (AvgIpc) is 3.27. The maximum Gasteiger partial charge on any atom is 0.161 e. The summed E-state index contributed by atoms with van der Waals surface area (Å²) in [5.41, 5.74) is 7.17. The highest BCUT2D eigenvalue weighted by atomic mass is 16.5. The Morgan fingerprint density at radius 3 is 1.74 bits per heavy atom. The number of benzene rings is 3. The summed E-state index contributed by atoms with van der Waals surface area (Å²) in [4.78, 5) is 0. The van der Waals surface area contributed by atoms with Crippen LogP contribution in [0.5, 0.6) is 23.0 Å². The lowest BCUT2D eigenvalue weighted by Crippen LogP contribution is -2.01. The van der Waals surface area contributed by atoms with Gasteiger partial charge in [-0.1, -0.05) is 24.6 Å². The molecule has 0 saturated carbocycles. The monoisotopic (exact) mass is 458 g/mol. The number of rotatable bonds is 8. The first-order valence-corrected chi connectivity index (χ1v) is 11.2. The van der Waals surface area contributed by atoms with Crippen molar-refractivity contribution in [1.82, 2.24) is 9.78 Å². The van der Waals surface area contributed by atoms with E-state index in [1.54, 1.807) is 28.4 Å². The van der Waals surface area contributed by atoms with Gasteiger partial charge >= 0.3 is 0 Å². The zero-order valence-corrected chi connectivity index (χ0v) is 20.5. The Hall–Kier alpha value is -3.93. The minimum atomic E-state index is 0.666. The third kappa shape index (κ3) is 4.19. The number of hydrogen-bond donors (Lipinski definition) is 0. The van der Waals surface area contributed by atoms with Gasteiger partial charge in [-0.2, -0.15) is 5.10 Å². The van der Waals surface area contributed by atoms with Crippen LogP contribution in [0.15, 0.2) is 60.7 Å². The summed E-state index contributed by atoms with van der Waals surface area (Å²) in [5, 5.41) is 5.10. The first-order valence-electron chi connectivity index (χ1n) is 11.2. The van der Waals surface area contributed by atoms with Gasteiger partial charge in [0.15, 0.2) is 23.0 Å². The van der Waals surface area contributed by atoms with Gasteiger partial charge in [0, 0.05) is 16.7 Å². The van der Waals surface area contributed by atoms with E-state index in [2.05, 4.69) is 38.1 Å². The molecule has 0 amide bonds. The molecule has 0 aliphatic carbocycles. The number of aromatic nitrogens is 2. The summed E-state index contributed by atoms with van der Waals surface area (Å²) in [7, 11) is 6.56. The molecule has 176 valence electrons. The van der Waals surface area contributed by atoms with Crippen molar-refractivity contribution in [2.75, 3.05) is 28.4 Å². The molecule has 0 atom stereocenters. The molecule has 1 heterocycles. The normalized spacial score (nSPS) is 10.8. The van der Waals surface area contributed by atoms with E-state index in [4.69, 9.17) is 24.0 Å². The molecule has 0 radical (unpaired) electrons. The SMILES string of the molecule is CCc1c(-c2ccc(OC)c(OC)c2)nn(-c2ccc(C)cc2)c1-c1ccc(OC)c(OC)c1. The molecule has 1 aromatic heterocycles. The fraction of sp³-hybridized carbons (Fsp3) is 0.250. The second-order valence-electron chi connectivity index (χ2n) is 7.92. The van der Waals surface area contributed by atoms with Crippen LogP contribution in [0, 0.1) is 6.92 Å². The molecular formula is C28H30N2O4. The number of hydrogen-bond acceptors (Lipinski definition) is 5. The second kappa shape index (κ2) is 9.91. The van der Waals surface area contributed by atoms with E-state index in [0.717, 1.165) is 40.2 Å². The Kier molecular flexibility index (Phi) is 6.77. The Bertz CT molecular complexity index is 1290. The van der Waals surface area contributed by atoms with E-state index in [1.165, 1.54) is 5.56 Å². The highest BCUT2D eigenvalue weighted by Gasteiger charge is 2.22. The lowest BCUT2D eigenvalue weighted by atomic mass is 9.99. The minimum Gasteiger partial charge on any atom is -0.493 e. The molecule has 0 bridgehead atoms. The summed E-state index contributed by atoms with van der Waals surface area (Å²) in [6.45, 7) is 4.22. The Balaban J connectivity index is 2.00. The van der Waals surface area contributed by atoms with Crippen molar-refractivity contribution in [2.24, 2.45) is 0 Å². The van der Waals surface area contributed by atoms with Crippen LogP contribution in [0.3, 0.4) is 0 Å². The van der Waals surface area contributed by atoms with Crippen molar-refractivity contribution < 1.29 is 18.9 Å². The van der Waals surface area contributed by atoms with Gasteiger partial charge in [-0.25, -0.2) is 4.68 Å². The van der Waals surface area contributed by atoms with Crippen molar-refractivity contribution in [2.45, 2.75) is 20.3 Å². The summed E-state index contributed by atoms with van der Waals surface area (Å²) in [6, 6.07) is 20.2. The molecule has 6 nitrogen and oxygen atoms in total. The molecule has 0 N–H and O–H groups in total. The number of nitrogens with zero attached hydrogens (tertiary/aromatic N) is 2. The summed E-state index contributed by atoms with van der Waals surface area (Å²) >= 11 is 0. The van der Waals surface area contributed by atoms with Crippen molar-refractivity contribution in [1.29, 1.82) is 0 Å². The zero-order chi connectivity index (χ0) is 24.2. The van der Waals surface area contributed by atoms with Crippen LogP contribution >= 0.6 is 0 Å². The third-order valence-corrected chi connectivity index (χ3v) is 5.93. The van der Waals surface area contributed by atoms with E-state index in [9.17, 15) is 0 Å². The highest BCUT2D eigenvalue weighted by Crippen LogP contribution is 2.40. The predicted molar refractivity (Wildman–Crippen MR) is 135 cm³/mol. The molecule has 4 rings (SSSR count). The standard InChI is InChI=1S/C28H30N2O4/c1-7-22-27(19-10-14-23(31-3)25(16-19)33-5)29-30(21-12-8-18(2)9-13-21)28(22)20-11-15-24(32-4)26(17-20)34-6/h8-17H,7H2,1-6H3. The first kappa shape index (κ1) is 23.2. The molecule has 0 aliphatic heterocycles. The van der Waals surface area contributed by atoms with Gasteiger partial charge in [-0.05, 0) is 61.9 Å². The topological polar surface area (TPSA) is 54.7 Å². The van der Waals surface area contributed by atoms with Crippen molar-refractivity contribution in [3.8, 4) is 51.2 Å². The first-order chi connectivity index (χ1) is 16.5. The molecule has 0 aliphatic rings. The molecule has 6 heteroatoms. The molecule has 0 unspecified atom stereocenters. The molecule has 3 aromatic carbocycles. The molecule has 0 saturated heterocycles. The Morgan fingerprint density at radius 2 is 1.21 bits per heavy atom. The highest BCUT2D eigenvalue weighted by molar-refractivity contribution is 5.78. The van der Waals surface area contributed by atoms with Crippen molar-refractivity contribution in [3.63, 3.8) is 0 Å². The molecule has 0 fully saturated rings. The van der Waals surface area contributed by atoms with E-state index >= 15 is 0 Å². The van der Waals surface area contributed by atoms with Crippen LogP contribution in [-0.4, -0.2) is 38.2 Å². The Labute approximate surface area is 200 Å². The summed E-state index contributed by atoms with van der Waals surface area (Å²) in [6.07, 6.45) is 0.791. The largest absolute Gasteiger partial charge is 0.493 e. The van der Waals surface area contributed by atoms with Gasteiger partial charge in [0.2, 0.25) is 0 Å². The minimum absolute atomic E-state index is 0.666. The second-order valence-corrected chi connectivity index (χ2v) is 7.92. The van der Waals surface area contributed by atoms with Crippen LogP contribution in [0.2, 0.25) is 0 Å². The molecule has 0 spiro atoms. The van der Waals surface area contributed by atoms with Gasteiger partial charge in [0.25, 0.3) is 0 Å². The lowest BCUT2D eigenvalue weighted by molar-refractivity contribution is 0.355. The molecule has 4 aromatic rings. The maximum absolute atomic E-state index is 5.60. The van der Waals surface area contributed by atoms with Gasteiger partial charge in [0.05, 0.1) is 45.5 Å². The fourth-order valence-electron chi connectivity index (χ4n) is 4.15. The van der Waals surface area contributed by atoms with E-state index in [1.807, 2.05) is 41.1 Å². The predicted octanol–water partition coefficient (Wildman–Crippen LogP) is 6.11. The lowest BCUT2D eigenvalue weighted by Gasteiger charge is -2.13. The van der Waals surface area contributed by atoms with Crippen LogP contribution in [0.1, 0.15) is 18.1 Å². The smallest absolute Gasteiger partial charge is 0.161 e. The number of ether oxygens (including phenoxy) is 4. The summed E-state index contributed by atoms with van der Waals surface area (Å²) < 4.78 is 24.1. The van der Waals surface area contributed by atoms with Crippen LogP contribution in [0.25, 0.3) is 28.2 Å². The van der Waals surface area contributed by atoms with Crippen molar-refractivity contribution >= 4 is 0 Å². The maximum atomic E-state index is 5.60. The van der Waals surface area contributed by atoms with Gasteiger partial charge in [-0.15, -0.1) is 0 Å². The van der Waals surface area contributed by atoms with Gasteiger partial charge < -0.3 is 18.9 Å². The number of aryl methyl sites for hydroxylation is 1. The van der Waals surface area contributed by atoms with Crippen LogP contribution in [0.4, 0.5) is 0 Å². The summed E-state index contributed by atoms with van der Waals surface area (Å²) in [5.74, 6) is 2.71. The van der Waals surface area contributed by atoms with Gasteiger partial charge in [-0.3, -0.25) is 0 Å². The molecule has 34 heavy (non-hydrogen) atoms.